The van der Waals surface area contributed by atoms with Gasteiger partial charge in [0.2, 0.25) is 0 Å². The molecule has 1 unspecified atom stereocenters. The van der Waals surface area contributed by atoms with E-state index in [0.717, 1.165) is 19.4 Å². The average Bonchev–Trinajstić information content (AvgIpc) is 2.26. The Labute approximate surface area is 106 Å². The maximum Gasteiger partial charge on any atom is 0.0240 e. The molecule has 0 fully saturated rings. The van der Waals surface area contributed by atoms with E-state index in [2.05, 4.69) is 65.0 Å². The van der Waals surface area contributed by atoms with E-state index < -0.39 is 0 Å². The summed E-state index contributed by atoms with van der Waals surface area (Å²) in [4.78, 5) is 0. The van der Waals surface area contributed by atoms with Gasteiger partial charge in [0.25, 0.3) is 0 Å². The van der Waals surface area contributed by atoms with Gasteiger partial charge in [0.15, 0.2) is 0 Å². The van der Waals surface area contributed by atoms with Gasteiger partial charge in [-0.3, -0.25) is 0 Å². The smallest absolute Gasteiger partial charge is 0.0240 e. The van der Waals surface area contributed by atoms with Crippen LogP contribution in [0.25, 0.3) is 0 Å². The van der Waals surface area contributed by atoms with Gasteiger partial charge >= 0.3 is 0 Å². The lowest BCUT2D eigenvalue weighted by Crippen LogP contribution is -2.27. The molecule has 1 nitrogen and oxygen atoms in total. The van der Waals surface area contributed by atoms with Crippen molar-refractivity contribution in [2.45, 2.75) is 32.4 Å². The number of benzene rings is 1. The molecule has 0 aliphatic carbocycles. The molecule has 1 atom stereocenters. The van der Waals surface area contributed by atoms with Crippen LogP contribution < -0.4 is 5.32 Å². The molecule has 0 spiro atoms. The molecule has 0 aliphatic rings. The average molecular weight is 313 g/mol. The molecular formula is C13H16IN. The van der Waals surface area contributed by atoms with E-state index in [1.165, 1.54) is 9.13 Å². The first kappa shape index (κ1) is 12.5. The normalized spacial score (nSPS) is 12.1. The van der Waals surface area contributed by atoms with Gasteiger partial charge in [-0.2, -0.15) is 0 Å². The molecule has 80 valence electrons. The van der Waals surface area contributed by atoms with Crippen molar-refractivity contribution >= 4 is 22.6 Å². The molecule has 0 bridgehead atoms. The van der Waals surface area contributed by atoms with Gasteiger partial charge in [0, 0.05) is 22.6 Å². The first-order valence-electron chi connectivity index (χ1n) is 5.17. The molecule has 1 aromatic rings. The van der Waals surface area contributed by atoms with E-state index in [4.69, 9.17) is 6.42 Å². The molecule has 15 heavy (non-hydrogen) atoms. The second kappa shape index (κ2) is 6.86. The van der Waals surface area contributed by atoms with Gasteiger partial charge in [-0.25, -0.2) is 0 Å². The summed E-state index contributed by atoms with van der Waals surface area (Å²) in [6.07, 6.45) is 7.19. The number of halogens is 1. The molecule has 1 N–H and O–H groups in total. The zero-order chi connectivity index (χ0) is 11.1. The maximum absolute atomic E-state index is 5.30. The van der Waals surface area contributed by atoms with Crippen LogP contribution in [0.15, 0.2) is 24.3 Å². The molecule has 0 saturated heterocycles. The first-order valence-corrected chi connectivity index (χ1v) is 6.25. The summed E-state index contributed by atoms with van der Waals surface area (Å²) >= 11 is 2.31. The van der Waals surface area contributed by atoms with Crippen molar-refractivity contribution in [1.82, 2.24) is 5.32 Å². The number of hydrogen-bond acceptors (Lipinski definition) is 1. The van der Waals surface area contributed by atoms with Crippen LogP contribution in [0.5, 0.6) is 0 Å². The van der Waals surface area contributed by atoms with E-state index in [0.29, 0.717) is 6.04 Å². The van der Waals surface area contributed by atoms with Crippen molar-refractivity contribution in [3.8, 4) is 12.3 Å². The van der Waals surface area contributed by atoms with Crippen molar-refractivity contribution in [2.24, 2.45) is 0 Å². The van der Waals surface area contributed by atoms with Gasteiger partial charge < -0.3 is 5.32 Å². The predicted molar refractivity (Wildman–Crippen MR) is 73.5 cm³/mol. The summed E-state index contributed by atoms with van der Waals surface area (Å²) in [5.74, 6) is 2.70. The Balaban J connectivity index is 2.42. The van der Waals surface area contributed by atoms with Crippen LogP contribution in [0.3, 0.4) is 0 Å². The van der Waals surface area contributed by atoms with E-state index >= 15 is 0 Å². The number of hydrogen-bond donors (Lipinski definition) is 1. The zero-order valence-corrected chi connectivity index (χ0v) is 11.1. The molecule has 0 saturated carbocycles. The summed E-state index contributed by atoms with van der Waals surface area (Å²) < 4.78 is 1.27. The SMILES string of the molecule is C#CCC(CC)NCc1ccc(I)cc1. The third kappa shape index (κ3) is 4.67. The number of rotatable bonds is 5. The van der Waals surface area contributed by atoms with E-state index in [1.54, 1.807) is 0 Å². The van der Waals surface area contributed by atoms with Gasteiger partial charge in [-0.15, -0.1) is 12.3 Å². The fourth-order valence-corrected chi connectivity index (χ4v) is 1.73. The van der Waals surface area contributed by atoms with Crippen LogP contribution in [0.4, 0.5) is 0 Å². The van der Waals surface area contributed by atoms with E-state index in [9.17, 15) is 0 Å². The molecule has 0 aliphatic heterocycles. The van der Waals surface area contributed by atoms with Gasteiger partial charge in [0.05, 0.1) is 0 Å². The molecular weight excluding hydrogens is 297 g/mol. The fourth-order valence-electron chi connectivity index (χ4n) is 1.37. The van der Waals surface area contributed by atoms with Crippen LogP contribution in [0.1, 0.15) is 25.3 Å². The van der Waals surface area contributed by atoms with Gasteiger partial charge in [-0.05, 0) is 46.7 Å². The molecule has 0 radical (unpaired) electrons. The molecule has 2 heteroatoms. The first-order chi connectivity index (χ1) is 7.26. The fraction of sp³-hybridized carbons (Fsp3) is 0.385. The third-order valence-corrected chi connectivity index (χ3v) is 3.08. The van der Waals surface area contributed by atoms with Gasteiger partial charge in [-0.1, -0.05) is 19.1 Å². The lowest BCUT2D eigenvalue weighted by Gasteiger charge is -2.13. The lowest BCUT2D eigenvalue weighted by atomic mass is 10.1. The topological polar surface area (TPSA) is 12.0 Å². The minimum Gasteiger partial charge on any atom is -0.309 e. The largest absolute Gasteiger partial charge is 0.309 e. The summed E-state index contributed by atoms with van der Waals surface area (Å²) in [6, 6.07) is 8.99. The summed E-state index contributed by atoms with van der Waals surface area (Å²) in [5, 5.41) is 3.46. The van der Waals surface area contributed by atoms with Crippen LogP contribution in [-0.4, -0.2) is 6.04 Å². The highest BCUT2D eigenvalue weighted by Gasteiger charge is 2.02. The Morgan fingerprint density at radius 2 is 2.07 bits per heavy atom. The third-order valence-electron chi connectivity index (χ3n) is 2.37. The van der Waals surface area contributed by atoms with Crippen molar-refractivity contribution in [2.75, 3.05) is 0 Å². The van der Waals surface area contributed by atoms with Crippen molar-refractivity contribution in [3.63, 3.8) is 0 Å². The Morgan fingerprint density at radius 3 is 2.60 bits per heavy atom. The quantitative estimate of drug-likeness (QED) is 0.650. The molecule has 0 amide bonds. The van der Waals surface area contributed by atoms with Gasteiger partial charge in [0.1, 0.15) is 0 Å². The van der Waals surface area contributed by atoms with Crippen LogP contribution in [-0.2, 0) is 6.54 Å². The van der Waals surface area contributed by atoms with Crippen LogP contribution in [0.2, 0.25) is 0 Å². The summed E-state index contributed by atoms with van der Waals surface area (Å²) in [7, 11) is 0. The van der Waals surface area contributed by atoms with Crippen molar-refractivity contribution < 1.29 is 0 Å². The Morgan fingerprint density at radius 1 is 1.40 bits per heavy atom. The summed E-state index contributed by atoms with van der Waals surface area (Å²) in [5.41, 5.74) is 1.31. The Hall–Kier alpha value is -0.530. The lowest BCUT2D eigenvalue weighted by molar-refractivity contribution is 0.507. The highest BCUT2D eigenvalue weighted by Crippen LogP contribution is 2.07. The maximum atomic E-state index is 5.30. The zero-order valence-electron chi connectivity index (χ0n) is 8.96. The monoisotopic (exact) mass is 313 g/mol. The number of terminal acetylenes is 1. The minimum atomic E-state index is 0.439. The molecule has 1 aromatic carbocycles. The van der Waals surface area contributed by atoms with Crippen molar-refractivity contribution in [1.29, 1.82) is 0 Å². The standard InChI is InChI=1S/C13H16IN/c1-3-5-13(4-2)15-10-11-6-8-12(14)9-7-11/h1,6-9,13,15H,4-5,10H2,2H3. The molecule has 0 aromatic heterocycles. The second-order valence-corrected chi connectivity index (χ2v) is 4.77. The van der Waals surface area contributed by atoms with Crippen molar-refractivity contribution in [3.05, 3.63) is 33.4 Å². The minimum absolute atomic E-state index is 0.439. The number of nitrogens with one attached hydrogen (secondary N) is 1. The van der Waals surface area contributed by atoms with Crippen LogP contribution >= 0.6 is 22.6 Å². The van der Waals surface area contributed by atoms with E-state index in [-0.39, 0.29) is 0 Å². The molecule has 0 heterocycles. The second-order valence-electron chi connectivity index (χ2n) is 3.52. The highest BCUT2D eigenvalue weighted by atomic mass is 127. The highest BCUT2D eigenvalue weighted by molar-refractivity contribution is 14.1. The van der Waals surface area contributed by atoms with Crippen LogP contribution in [0, 0.1) is 15.9 Å². The Bertz CT molecular complexity index is 323. The predicted octanol–water partition coefficient (Wildman–Crippen LogP) is 3.18. The summed E-state index contributed by atoms with van der Waals surface area (Å²) in [6.45, 7) is 3.06. The van der Waals surface area contributed by atoms with E-state index in [1.807, 2.05) is 0 Å². The Kier molecular flexibility index (Phi) is 5.74. The molecule has 1 rings (SSSR count).